The van der Waals surface area contributed by atoms with Crippen LogP contribution in [0.2, 0.25) is 0 Å². The molecule has 2 aliphatic heterocycles. The number of nitrogens with one attached hydrogen (secondary N) is 1. The van der Waals surface area contributed by atoms with E-state index < -0.39 is 0 Å². The quantitative estimate of drug-likeness (QED) is 0.785. The molecular formula is C16H23N3O. The predicted octanol–water partition coefficient (Wildman–Crippen LogP) is 1.99. The first kappa shape index (κ1) is 13.4. The molecule has 1 aromatic rings. The minimum atomic E-state index is -0.0542. The Balaban J connectivity index is 2.19. The van der Waals surface area contributed by atoms with Crippen LogP contribution in [0.1, 0.15) is 22.3 Å². The van der Waals surface area contributed by atoms with Crippen LogP contribution in [0.25, 0.3) is 0 Å². The number of nitrogens with zero attached hydrogens (tertiary/aromatic N) is 2. The summed E-state index contributed by atoms with van der Waals surface area (Å²) in [5.41, 5.74) is 7.40. The normalized spacial score (nSPS) is 22.4. The molecule has 4 heteroatoms. The zero-order chi connectivity index (χ0) is 14.6. The van der Waals surface area contributed by atoms with Gasteiger partial charge in [0.15, 0.2) is 0 Å². The maximum Gasteiger partial charge on any atom is 0.248 e. The van der Waals surface area contributed by atoms with E-state index >= 15 is 0 Å². The van der Waals surface area contributed by atoms with Crippen LogP contribution in [-0.2, 0) is 4.79 Å². The second-order valence-corrected chi connectivity index (χ2v) is 6.18. The molecule has 0 aliphatic carbocycles. The fourth-order valence-electron chi connectivity index (χ4n) is 3.42. The number of anilines is 2. The number of amides is 1. The van der Waals surface area contributed by atoms with Crippen molar-refractivity contribution in [3.8, 4) is 0 Å². The highest BCUT2D eigenvalue weighted by Crippen LogP contribution is 2.41. The van der Waals surface area contributed by atoms with Gasteiger partial charge in [-0.05, 0) is 57.0 Å². The highest BCUT2D eigenvalue weighted by atomic mass is 16.2. The summed E-state index contributed by atoms with van der Waals surface area (Å²) in [7, 11) is 2.08. The van der Waals surface area contributed by atoms with Crippen molar-refractivity contribution in [2.24, 2.45) is 0 Å². The number of piperazine rings is 1. The molecule has 4 nitrogen and oxygen atoms in total. The summed E-state index contributed by atoms with van der Waals surface area (Å²) in [5, 5.41) is 3.15. The van der Waals surface area contributed by atoms with Crippen LogP contribution >= 0.6 is 0 Å². The third-order valence-electron chi connectivity index (χ3n) is 5.08. The number of fused-ring (bicyclic) bond motifs is 3. The minimum absolute atomic E-state index is 0.0542. The van der Waals surface area contributed by atoms with E-state index in [4.69, 9.17) is 0 Å². The van der Waals surface area contributed by atoms with Crippen molar-refractivity contribution in [3.05, 3.63) is 22.3 Å². The van der Waals surface area contributed by atoms with E-state index in [-0.39, 0.29) is 11.9 Å². The summed E-state index contributed by atoms with van der Waals surface area (Å²) in [6, 6.07) is -0.0542. The Kier molecular flexibility index (Phi) is 3.01. The lowest BCUT2D eigenvalue weighted by atomic mass is 9.91. The summed E-state index contributed by atoms with van der Waals surface area (Å²) in [5.74, 6) is 0.134. The van der Waals surface area contributed by atoms with Crippen LogP contribution < -0.4 is 10.2 Å². The van der Waals surface area contributed by atoms with Crippen molar-refractivity contribution in [2.75, 3.05) is 36.9 Å². The van der Waals surface area contributed by atoms with Gasteiger partial charge in [0.25, 0.3) is 0 Å². The summed E-state index contributed by atoms with van der Waals surface area (Å²) >= 11 is 0. The summed E-state index contributed by atoms with van der Waals surface area (Å²) in [6.45, 7) is 11.3. The molecule has 0 aromatic heterocycles. The first-order valence-electron chi connectivity index (χ1n) is 7.28. The zero-order valence-electron chi connectivity index (χ0n) is 13.0. The van der Waals surface area contributed by atoms with Crippen molar-refractivity contribution in [1.82, 2.24) is 4.90 Å². The monoisotopic (exact) mass is 273 g/mol. The number of likely N-dealkylation sites (N-methyl/N-ethyl adjacent to an activating group) is 1. The third kappa shape index (κ3) is 1.74. The van der Waals surface area contributed by atoms with E-state index in [1.165, 1.54) is 27.9 Å². The van der Waals surface area contributed by atoms with Gasteiger partial charge in [0.1, 0.15) is 6.04 Å². The van der Waals surface area contributed by atoms with Gasteiger partial charge < -0.3 is 15.1 Å². The summed E-state index contributed by atoms with van der Waals surface area (Å²) in [4.78, 5) is 17.0. The van der Waals surface area contributed by atoms with Crippen LogP contribution in [0.3, 0.4) is 0 Å². The number of hydrogen-bond donors (Lipinski definition) is 1. The Morgan fingerprint density at radius 1 is 1.00 bits per heavy atom. The lowest BCUT2D eigenvalue weighted by Gasteiger charge is -2.45. The lowest BCUT2D eigenvalue weighted by molar-refractivity contribution is -0.118. The SMILES string of the molecule is Cc1c(C)c(C)c2c(c1C)NC(=O)C1CN(C)CCN21. The Labute approximate surface area is 120 Å². The van der Waals surface area contributed by atoms with E-state index in [1.807, 2.05) is 0 Å². The first-order valence-corrected chi connectivity index (χ1v) is 7.28. The number of carbonyl (C=O) groups excluding carboxylic acids is 1. The van der Waals surface area contributed by atoms with Crippen LogP contribution in [0.15, 0.2) is 0 Å². The van der Waals surface area contributed by atoms with E-state index in [2.05, 4.69) is 49.9 Å². The van der Waals surface area contributed by atoms with Crippen LogP contribution in [0.4, 0.5) is 11.4 Å². The zero-order valence-corrected chi connectivity index (χ0v) is 13.0. The topological polar surface area (TPSA) is 35.6 Å². The smallest absolute Gasteiger partial charge is 0.248 e. The highest BCUT2D eigenvalue weighted by Gasteiger charge is 2.38. The molecule has 2 aliphatic rings. The largest absolute Gasteiger partial charge is 0.355 e. The number of rotatable bonds is 0. The van der Waals surface area contributed by atoms with E-state index in [1.54, 1.807) is 0 Å². The standard InChI is InChI=1S/C16H23N3O/c1-9-10(2)12(4)15-14(11(9)3)17-16(20)13-8-18(5)6-7-19(13)15/h13H,6-8H2,1-5H3,(H,17,20). The molecule has 20 heavy (non-hydrogen) atoms. The van der Waals surface area contributed by atoms with Gasteiger partial charge in [-0.1, -0.05) is 0 Å². The van der Waals surface area contributed by atoms with Crippen molar-refractivity contribution in [2.45, 2.75) is 33.7 Å². The molecule has 1 fully saturated rings. The molecule has 108 valence electrons. The maximum absolute atomic E-state index is 12.4. The molecule has 1 amide bonds. The molecule has 1 atom stereocenters. The van der Waals surface area contributed by atoms with Crippen LogP contribution in [0.5, 0.6) is 0 Å². The number of benzene rings is 1. The molecule has 1 aromatic carbocycles. The van der Waals surface area contributed by atoms with Gasteiger partial charge in [-0.2, -0.15) is 0 Å². The molecule has 1 N–H and O–H groups in total. The van der Waals surface area contributed by atoms with Gasteiger partial charge in [0.2, 0.25) is 5.91 Å². The molecule has 0 radical (unpaired) electrons. The average molecular weight is 273 g/mol. The molecule has 0 saturated carbocycles. The Morgan fingerprint density at radius 2 is 1.65 bits per heavy atom. The fraction of sp³-hybridized carbons (Fsp3) is 0.562. The fourth-order valence-corrected chi connectivity index (χ4v) is 3.42. The minimum Gasteiger partial charge on any atom is -0.355 e. The predicted molar refractivity (Wildman–Crippen MR) is 82.7 cm³/mol. The van der Waals surface area contributed by atoms with Gasteiger partial charge in [0.05, 0.1) is 11.4 Å². The molecular weight excluding hydrogens is 250 g/mol. The van der Waals surface area contributed by atoms with Crippen molar-refractivity contribution in [1.29, 1.82) is 0 Å². The molecule has 1 saturated heterocycles. The van der Waals surface area contributed by atoms with Crippen LogP contribution in [-0.4, -0.2) is 43.5 Å². The van der Waals surface area contributed by atoms with Crippen molar-refractivity contribution in [3.63, 3.8) is 0 Å². The molecule has 2 heterocycles. The molecule has 0 spiro atoms. The number of hydrogen-bond acceptors (Lipinski definition) is 3. The van der Waals surface area contributed by atoms with Gasteiger partial charge in [-0.15, -0.1) is 0 Å². The van der Waals surface area contributed by atoms with Gasteiger partial charge in [-0.3, -0.25) is 4.79 Å². The Hall–Kier alpha value is -1.55. The summed E-state index contributed by atoms with van der Waals surface area (Å²) in [6.07, 6.45) is 0. The highest BCUT2D eigenvalue weighted by molar-refractivity contribution is 6.05. The van der Waals surface area contributed by atoms with Gasteiger partial charge >= 0.3 is 0 Å². The van der Waals surface area contributed by atoms with Gasteiger partial charge in [-0.25, -0.2) is 0 Å². The van der Waals surface area contributed by atoms with Crippen molar-refractivity contribution < 1.29 is 4.79 Å². The molecule has 3 rings (SSSR count). The second-order valence-electron chi connectivity index (χ2n) is 6.18. The third-order valence-corrected chi connectivity index (χ3v) is 5.08. The van der Waals surface area contributed by atoms with Gasteiger partial charge in [0, 0.05) is 19.6 Å². The average Bonchev–Trinajstić information content (AvgIpc) is 2.43. The molecule has 1 unspecified atom stereocenters. The van der Waals surface area contributed by atoms with E-state index in [0.29, 0.717) is 0 Å². The lowest BCUT2D eigenvalue weighted by Crippen LogP contribution is -2.59. The van der Waals surface area contributed by atoms with E-state index in [9.17, 15) is 4.79 Å². The van der Waals surface area contributed by atoms with Crippen molar-refractivity contribution >= 4 is 17.3 Å². The van der Waals surface area contributed by atoms with E-state index in [0.717, 1.165) is 25.3 Å². The Bertz CT molecular complexity index is 594. The number of carbonyl (C=O) groups is 1. The second kappa shape index (κ2) is 4.48. The van der Waals surface area contributed by atoms with Crippen LogP contribution in [0, 0.1) is 27.7 Å². The summed E-state index contributed by atoms with van der Waals surface area (Å²) < 4.78 is 0. The molecule has 0 bridgehead atoms. The Morgan fingerprint density at radius 3 is 2.35 bits per heavy atom. The maximum atomic E-state index is 12.4. The first-order chi connectivity index (χ1) is 9.41.